The molecule has 2 rings (SSSR count). The van der Waals surface area contributed by atoms with Crippen LogP contribution in [0.5, 0.6) is 0 Å². The molecule has 0 aromatic heterocycles. The Morgan fingerprint density at radius 2 is 1.92 bits per heavy atom. The SMILES string of the molecule is CC(C)C(=O)N(C)Cc1ccc(C(=O)N2CCC(CN)C2)cc1.Cl. The maximum Gasteiger partial charge on any atom is 0.253 e. The van der Waals surface area contributed by atoms with Gasteiger partial charge in [0.05, 0.1) is 0 Å². The highest BCUT2D eigenvalue weighted by molar-refractivity contribution is 5.94. The highest BCUT2D eigenvalue weighted by atomic mass is 35.5. The van der Waals surface area contributed by atoms with Gasteiger partial charge in [-0.1, -0.05) is 26.0 Å². The third kappa shape index (κ3) is 4.95. The molecule has 2 N–H and O–H groups in total. The van der Waals surface area contributed by atoms with Gasteiger partial charge in [0.1, 0.15) is 0 Å². The van der Waals surface area contributed by atoms with E-state index in [0.717, 1.165) is 25.1 Å². The molecule has 1 saturated heterocycles. The third-order valence-electron chi connectivity index (χ3n) is 4.40. The fourth-order valence-corrected chi connectivity index (χ4v) is 2.94. The van der Waals surface area contributed by atoms with E-state index in [2.05, 4.69) is 0 Å². The van der Waals surface area contributed by atoms with Gasteiger partial charge in [-0.25, -0.2) is 0 Å². The smallest absolute Gasteiger partial charge is 0.253 e. The molecule has 1 aromatic carbocycles. The van der Waals surface area contributed by atoms with E-state index in [1.165, 1.54) is 0 Å². The van der Waals surface area contributed by atoms with Crippen LogP contribution in [-0.2, 0) is 11.3 Å². The summed E-state index contributed by atoms with van der Waals surface area (Å²) in [5, 5.41) is 0. The lowest BCUT2D eigenvalue weighted by Crippen LogP contribution is -2.30. The Morgan fingerprint density at radius 1 is 1.29 bits per heavy atom. The van der Waals surface area contributed by atoms with Crippen molar-refractivity contribution in [1.29, 1.82) is 0 Å². The first-order valence-corrected chi connectivity index (χ1v) is 8.25. The standard InChI is InChI=1S/C18H27N3O2.ClH/c1-13(2)17(22)20(3)11-14-4-6-16(7-5-14)18(23)21-9-8-15(10-19)12-21;/h4-7,13,15H,8-12,19H2,1-3H3;1H. The monoisotopic (exact) mass is 353 g/mol. The normalized spacial score (nSPS) is 16.9. The summed E-state index contributed by atoms with van der Waals surface area (Å²) in [7, 11) is 1.80. The van der Waals surface area contributed by atoms with Gasteiger partial charge in [0.25, 0.3) is 5.91 Å². The molecule has 0 aliphatic carbocycles. The van der Waals surface area contributed by atoms with Crippen LogP contribution in [0.4, 0.5) is 0 Å². The van der Waals surface area contributed by atoms with E-state index >= 15 is 0 Å². The molecule has 2 amide bonds. The van der Waals surface area contributed by atoms with Crippen LogP contribution in [0.2, 0.25) is 0 Å². The lowest BCUT2D eigenvalue weighted by Gasteiger charge is -2.20. The number of carbonyl (C=O) groups excluding carboxylic acids is 2. The lowest BCUT2D eigenvalue weighted by molar-refractivity contribution is -0.133. The van der Waals surface area contributed by atoms with Crippen molar-refractivity contribution in [1.82, 2.24) is 9.80 Å². The van der Waals surface area contributed by atoms with E-state index in [-0.39, 0.29) is 30.1 Å². The van der Waals surface area contributed by atoms with Gasteiger partial charge in [-0.2, -0.15) is 0 Å². The fourth-order valence-electron chi connectivity index (χ4n) is 2.94. The molecule has 1 heterocycles. The Balaban J connectivity index is 0.00000288. The average molecular weight is 354 g/mol. The van der Waals surface area contributed by atoms with E-state index in [1.54, 1.807) is 11.9 Å². The van der Waals surface area contributed by atoms with Gasteiger partial charge in [0, 0.05) is 38.2 Å². The van der Waals surface area contributed by atoms with Crippen molar-refractivity contribution in [3.05, 3.63) is 35.4 Å². The molecule has 134 valence electrons. The molecule has 1 atom stereocenters. The number of carbonyl (C=O) groups is 2. The molecule has 0 bridgehead atoms. The highest BCUT2D eigenvalue weighted by Crippen LogP contribution is 2.18. The molecular weight excluding hydrogens is 326 g/mol. The van der Waals surface area contributed by atoms with Gasteiger partial charge in [0.15, 0.2) is 0 Å². The number of benzene rings is 1. The van der Waals surface area contributed by atoms with Gasteiger partial charge in [-0.15, -0.1) is 12.4 Å². The highest BCUT2D eigenvalue weighted by Gasteiger charge is 2.25. The Kier molecular flexibility index (Phi) is 7.70. The quantitative estimate of drug-likeness (QED) is 0.881. The van der Waals surface area contributed by atoms with Crippen molar-refractivity contribution in [3.8, 4) is 0 Å². The van der Waals surface area contributed by atoms with Crippen molar-refractivity contribution in [2.75, 3.05) is 26.7 Å². The van der Waals surface area contributed by atoms with Crippen LogP contribution in [-0.4, -0.2) is 48.3 Å². The predicted octanol–water partition coefficient (Wildman–Crippen LogP) is 2.14. The van der Waals surface area contributed by atoms with Crippen LogP contribution in [0, 0.1) is 11.8 Å². The first kappa shape index (κ1) is 20.5. The molecule has 0 spiro atoms. The number of nitrogens with zero attached hydrogens (tertiary/aromatic N) is 2. The van der Waals surface area contributed by atoms with E-state index in [1.807, 2.05) is 43.0 Å². The summed E-state index contributed by atoms with van der Waals surface area (Å²) in [5.41, 5.74) is 7.40. The minimum absolute atomic E-state index is 0. The molecule has 6 heteroatoms. The number of halogens is 1. The van der Waals surface area contributed by atoms with E-state index in [4.69, 9.17) is 5.73 Å². The van der Waals surface area contributed by atoms with E-state index < -0.39 is 0 Å². The number of hydrogen-bond donors (Lipinski definition) is 1. The van der Waals surface area contributed by atoms with Crippen molar-refractivity contribution in [2.45, 2.75) is 26.8 Å². The Bertz CT molecular complexity index is 560. The first-order valence-electron chi connectivity index (χ1n) is 8.25. The van der Waals surface area contributed by atoms with Gasteiger partial charge < -0.3 is 15.5 Å². The number of amides is 2. The summed E-state index contributed by atoms with van der Waals surface area (Å²) < 4.78 is 0. The molecule has 1 aliphatic heterocycles. The predicted molar refractivity (Wildman–Crippen MR) is 98.1 cm³/mol. The van der Waals surface area contributed by atoms with Crippen LogP contribution in [0.25, 0.3) is 0 Å². The summed E-state index contributed by atoms with van der Waals surface area (Å²) >= 11 is 0. The van der Waals surface area contributed by atoms with Crippen molar-refractivity contribution < 1.29 is 9.59 Å². The molecule has 1 unspecified atom stereocenters. The Morgan fingerprint density at radius 3 is 2.42 bits per heavy atom. The molecule has 24 heavy (non-hydrogen) atoms. The van der Waals surface area contributed by atoms with Gasteiger partial charge in [-0.3, -0.25) is 9.59 Å². The maximum atomic E-state index is 12.5. The van der Waals surface area contributed by atoms with E-state index in [9.17, 15) is 9.59 Å². The van der Waals surface area contributed by atoms with Crippen molar-refractivity contribution in [3.63, 3.8) is 0 Å². The van der Waals surface area contributed by atoms with Gasteiger partial charge in [-0.05, 0) is 36.6 Å². The fraction of sp³-hybridized carbons (Fsp3) is 0.556. The zero-order chi connectivity index (χ0) is 17.0. The van der Waals surface area contributed by atoms with Gasteiger partial charge >= 0.3 is 0 Å². The summed E-state index contributed by atoms with van der Waals surface area (Å²) in [6.45, 7) is 6.52. The maximum absolute atomic E-state index is 12.5. The second kappa shape index (κ2) is 9.04. The molecule has 1 fully saturated rings. The molecule has 0 saturated carbocycles. The van der Waals surface area contributed by atoms with Crippen molar-refractivity contribution in [2.24, 2.45) is 17.6 Å². The van der Waals surface area contributed by atoms with Crippen LogP contribution >= 0.6 is 12.4 Å². The molecule has 5 nitrogen and oxygen atoms in total. The minimum Gasteiger partial charge on any atom is -0.341 e. The van der Waals surface area contributed by atoms with Crippen LogP contribution in [0.1, 0.15) is 36.2 Å². The number of hydrogen-bond acceptors (Lipinski definition) is 3. The summed E-state index contributed by atoms with van der Waals surface area (Å²) in [4.78, 5) is 28.0. The van der Waals surface area contributed by atoms with Crippen LogP contribution < -0.4 is 5.73 Å². The third-order valence-corrected chi connectivity index (χ3v) is 4.40. The molecule has 1 aliphatic rings. The topological polar surface area (TPSA) is 66.6 Å². The zero-order valence-electron chi connectivity index (χ0n) is 14.7. The second-order valence-electron chi connectivity index (χ2n) is 6.69. The van der Waals surface area contributed by atoms with Gasteiger partial charge in [0.2, 0.25) is 5.91 Å². The van der Waals surface area contributed by atoms with Crippen LogP contribution in [0.3, 0.4) is 0 Å². The molecule has 0 radical (unpaired) electrons. The number of nitrogens with two attached hydrogens (primary N) is 1. The van der Waals surface area contributed by atoms with E-state index in [0.29, 0.717) is 24.6 Å². The summed E-state index contributed by atoms with van der Waals surface area (Å²) in [6.07, 6.45) is 0.989. The summed E-state index contributed by atoms with van der Waals surface area (Å²) in [5.74, 6) is 0.606. The summed E-state index contributed by atoms with van der Waals surface area (Å²) in [6, 6.07) is 7.55. The minimum atomic E-state index is -0.00786. The second-order valence-corrected chi connectivity index (χ2v) is 6.69. The molecular formula is C18H28ClN3O2. The Hall–Kier alpha value is -1.59. The van der Waals surface area contributed by atoms with Crippen LogP contribution in [0.15, 0.2) is 24.3 Å². The first-order chi connectivity index (χ1) is 10.9. The number of rotatable bonds is 5. The average Bonchev–Trinajstić information content (AvgIpc) is 3.03. The number of likely N-dealkylation sites (tertiary alicyclic amines) is 1. The zero-order valence-corrected chi connectivity index (χ0v) is 15.5. The largest absolute Gasteiger partial charge is 0.341 e. The Labute approximate surface area is 150 Å². The molecule has 1 aromatic rings. The van der Waals surface area contributed by atoms with Crippen molar-refractivity contribution >= 4 is 24.2 Å². The lowest BCUT2D eigenvalue weighted by atomic mass is 10.1.